The standard InChI is InChI=1S/C44H91O9P/c1-4-7-10-13-16-19-22-25-28-31-34-44(51-41-42-52-53-54(45,46)47,35-32-29-26-23-20-17-14-11-8-5-2)43-50-40-39-49-38-37-48-36-33-30-27-24-21-18-15-12-9-6-3/h4-43H2,1-3H3,(H2,45,46,47). The highest BCUT2D eigenvalue weighted by atomic mass is 31.2. The molecule has 0 aromatic rings. The Kier molecular flexibility index (Phi) is 42.4. The lowest BCUT2D eigenvalue weighted by Crippen LogP contribution is -2.39. The largest absolute Gasteiger partial charge is 0.496 e. The Morgan fingerprint density at radius 2 is 0.722 bits per heavy atom. The van der Waals surface area contributed by atoms with Gasteiger partial charge in [-0.05, 0) is 19.3 Å². The van der Waals surface area contributed by atoms with Gasteiger partial charge in [0, 0.05) is 6.61 Å². The number of hydrogen-bond acceptors (Lipinski definition) is 7. The molecule has 326 valence electrons. The van der Waals surface area contributed by atoms with E-state index in [4.69, 9.17) is 33.6 Å². The zero-order valence-corrected chi connectivity index (χ0v) is 36.9. The fraction of sp³-hybridized carbons (Fsp3) is 1.00. The summed E-state index contributed by atoms with van der Waals surface area (Å²) in [6.45, 7) is 10.3. The molecule has 0 fully saturated rings. The minimum atomic E-state index is -4.70. The molecule has 0 atom stereocenters. The summed E-state index contributed by atoms with van der Waals surface area (Å²) in [5, 5.41) is 0. The smallest absolute Gasteiger partial charge is 0.379 e. The molecular weight excluding hydrogens is 703 g/mol. The van der Waals surface area contributed by atoms with Crippen molar-refractivity contribution in [2.45, 2.75) is 232 Å². The first-order valence-corrected chi connectivity index (χ1v) is 24.7. The van der Waals surface area contributed by atoms with E-state index in [1.165, 1.54) is 161 Å². The normalized spacial score (nSPS) is 12.3. The van der Waals surface area contributed by atoms with Gasteiger partial charge in [0.15, 0.2) is 0 Å². The SMILES string of the molecule is CCCCCCCCCCCCOCCOCCOCC(CCCCCCCCCCCC)(CCCCCCCCCCCC)OCCOOP(=O)(O)O. The van der Waals surface area contributed by atoms with Gasteiger partial charge in [-0.2, -0.15) is 0 Å². The van der Waals surface area contributed by atoms with Crippen LogP contribution < -0.4 is 0 Å². The second-order valence-electron chi connectivity index (χ2n) is 15.7. The van der Waals surface area contributed by atoms with Crippen molar-refractivity contribution in [2.24, 2.45) is 0 Å². The summed E-state index contributed by atoms with van der Waals surface area (Å²) in [6.07, 6.45) is 40.5. The van der Waals surface area contributed by atoms with Crippen LogP contribution in [0.25, 0.3) is 0 Å². The molecule has 0 rings (SSSR count). The van der Waals surface area contributed by atoms with Crippen molar-refractivity contribution in [1.82, 2.24) is 0 Å². The van der Waals surface area contributed by atoms with Gasteiger partial charge in [0.1, 0.15) is 6.61 Å². The van der Waals surface area contributed by atoms with E-state index in [2.05, 4.69) is 25.4 Å². The third-order valence-corrected chi connectivity index (χ3v) is 10.7. The van der Waals surface area contributed by atoms with Gasteiger partial charge in [-0.1, -0.05) is 207 Å². The van der Waals surface area contributed by atoms with E-state index in [0.717, 1.165) is 51.6 Å². The number of rotatable bonds is 47. The first-order chi connectivity index (χ1) is 26.4. The maximum absolute atomic E-state index is 11.1. The van der Waals surface area contributed by atoms with Gasteiger partial charge in [-0.15, -0.1) is 4.67 Å². The third-order valence-electron chi connectivity index (χ3n) is 10.4. The van der Waals surface area contributed by atoms with Crippen molar-refractivity contribution < 1.29 is 42.9 Å². The fourth-order valence-electron chi connectivity index (χ4n) is 7.11. The summed E-state index contributed by atoms with van der Waals surface area (Å²) < 4.78 is 39.6. The molecule has 54 heavy (non-hydrogen) atoms. The molecule has 0 saturated carbocycles. The molecule has 10 heteroatoms. The Morgan fingerprint density at radius 1 is 0.389 bits per heavy atom. The molecule has 0 saturated heterocycles. The van der Waals surface area contributed by atoms with Gasteiger partial charge in [-0.25, -0.2) is 9.45 Å². The maximum atomic E-state index is 11.1. The third kappa shape index (κ3) is 41.5. The molecule has 0 heterocycles. The highest BCUT2D eigenvalue weighted by Crippen LogP contribution is 2.36. The molecule has 9 nitrogen and oxygen atoms in total. The van der Waals surface area contributed by atoms with E-state index in [1.54, 1.807) is 0 Å². The Hall–Kier alpha value is -0.0900. The molecule has 0 bridgehead atoms. The number of unbranched alkanes of at least 4 members (excludes halogenated alkanes) is 27. The maximum Gasteiger partial charge on any atom is 0.496 e. The van der Waals surface area contributed by atoms with Crippen molar-refractivity contribution >= 4 is 7.82 Å². The number of hydrogen-bond donors (Lipinski definition) is 2. The first-order valence-electron chi connectivity index (χ1n) is 23.1. The van der Waals surface area contributed by atoms with Crippen LogP contribution in [0.5, 0.6) is 0 Å². The van der Waals surface area contributed by atoms with Gasteiger partial charge in [0.25, 0.3) is 0 Å². The molecular formula is C44H91O9P. The molecule has 0 aromatic heterocycles. The number of phosphoric acid groups is 1. The van der Waals surface area contributed by atoms with E-state index >= 15 is 0 Å². The highest BCUT2D eigenvalue weighted by molar-refractivity contribution is 7.46. The van der Waals surface area contributed by atoms with Crippen molar-refractivity contribution in [3.63, 3.8) is 0 Å². The average molecular weight is 795 g/mol. The van der Waals surface area contributed by atoms with E-state index in [0.29, 0.717) is 33.0 Å². The Balaban J connectivity index is 4.70. The van der Waals surface area contributed by atoms with Crippen molar-refractivity contribution in [3.8, 4) is 0 Å². The summed E-state index contributed by atoms with van der Waals surface area (Å²) in [5.74, 6) is 0. The highest BCUT2D eigenvalue weighted by Gasteiger charge is 2.31. The summed E-state index contributed by atoms with van der Waals surface area (Å²) in [6, 6.07) is 0. The lowest BCUT2D eigenvalue weighted by Gasteiger charge is -2.34. The molecule has 0 radical (unpaired) electrons. The first kappa shape index (κ1) is 53.9. The van der Waals surface area contributed by atoms with E-state index in [1.807, 2.05) is 0 Å². The summed E-state index contributed by atoms with van der Waals surface area (Å²) >= 11 is 0. The van der Waals surface area contributed by atoms with Crippen LogP contribution in [0.2, 0.25) is 0 Å². The zero-order chi connectivity index (χ0) is 39.5. The molecule has 0 aliphatic carbocycles. The van der Waals surface area contributed by atoms with Crippen LogP contribution in [0.15, 0.2) is 0 Å². The summed E-state index contributed by atoms with van der Waals surface area (Å²) in [4.78, 5) is 22.8. The van der Waals surface area contributed by atoms with Gasteiger partial charge in [0.05, 0.1) is 45.2 Å². The van der Waals surface area contributed by atoms with Crippen LogP contribution in [-0.2, 0) is 33.1 Å². The van der Waals surface area contributed by atoms with Crippen LogP contribution in [0, 0.1) is 0 Å². The molecule has 0 spiro atoms. The molecule has 0 amide bonds. The molecule has 2 N–H and O–H groups in total. The second-order valence-corrected chi connectivity index (χ2v) is 16.9. The molecule has 0 unspecified atom stereocenters. The monoisotopic (exact) mass is 795 g/mol. The molecule has 0 aromatic carbocycles. The lowest BCUT2D eigenvalue weighted by molar-refractivity contribution is -0.239. The predicted octanol–water partition coefficient (Wildman–Crippen LogP) is 13.4. The van der Waals surface area contributed by atoms with Crippen molar-refractivity contribution in [1.29, 1.82) is 0 Å². The van der Waals surface area contributed by atoms with Crippen LogP contribution >= 0.6 is 7.82 Å². The molecule has 0 aliphatic rings. The fourth-order valence-corrected chi connectivity index (χ4v) is 7.32. The van der Waals surface area contributed by atoms with Crippen LogP contribution in [0.4, 0.5) is 0 Å². The van der Waals surface area contributed by atoms with Gasteiger partial charge >= 0.3 is 7.82 Å². The van der Waals surface area contributed by atoms with Crippen molar-refractivity contribution in [2.75, 3.05) is 52.9 Å². The minimum absolute atomic E-state index is 0.0643. The quantitative estimate of drug-likeness (QED) is 0.0269. The predicted molar refractivity (Wildman–Crippen MR) is 225 cm³/mol. The number of ether oxygens (including phenoxy) is 4. The molecule has 0 aliphatic heterocycles. The summed E-state index contributed by atoms with van der Waals surface area (Å²) in [7, 11) is -4.70. The van der Waals surface area contributed by atoms with Crippen LogP contribution in [-0.4, -0.2) is 68.2 Å². The van der Waals surface area contributed by atoms with E-state index in [-0.39, 0.29) is 13.2 Å². The summed E-state index contributed by atoms with van der Waals surface area (Å²) in [5.41, 5.74) is -0.482. The van der Waals surface area contributed by atoms with Gasteiger partial charge in [-0.3, -0.25) is 0 Å². The lowest BCUT2D eigenvalue weighted by atomic mass is 9.89. The Labute approximate surface area is 334 Å². The van der Waals surface area contributed by atoms with Gasteiger partial charge in [0.2, 0.25) is 0 Å². The topological polar surface area (TPSA) is 113 Å². The average Bonchev–Trinajstić information content (AvgIpc) is 3.15. The van der Waals surface area contributed by atoms with E-state index < -0.39 is 13.4 Å². The Bertz CT molecular complexity index is 742. The van der Waals surface area contributed by atoms with E-state index in [9.17, 15) is 4.57 Å². The second kappa shape index (κ2) is 42.5. The zero-order valence-electron chi connectivity index (χ0n) is 36.0. The minimum Gasteiger partial charge on any atom is -0.379 e. The Morgan fingerprint density at radius 3 is 1.11 bits per heavy atom. The van der Waals surface area contributed by atoms with Crippen LogP contribution in [0.1, 0.15) is 226 Å². The van der Waals surface area contributed by atoms with Crippen molar-refractivity contribution in [3.05, 3.63) is 0 Å². The van der Waals surface area contributed by atoms with Gasteiger partial charge < -0.3 is 28.7 Å². The van der Waals surface area contributed by atoms with Crippen LogP contribution in [0.3, 0.4) is 0 Å².